The number of hydrogen-bond acceptors (Lipinski definition) is 6. The van der Waals surface area contributed by atoms with Gasteiger partial charge in [-0.3, -0.25) is 9.59 Å². The van der Waals surface area contributed by atoms with Crippen LogP contribution in [0.4, 0.5) is 5.69 Å². The van der Waals surface area contributed by atoms with Crippen LogP contribution in [-0.2, 0) is 4.79 Å². The monoisotopic (exact) mass is 366 g/mol. The normalized spacial score (nSPS) is 10.3. The third-order valence-electron chi connectivity index (χ3n) is 3.79. The molecule has 2 aromatic carbocycles. The Balaban J connectivity index is 1.65. The van der Waals surface area contributed by atoms with E-state index in [1.807, 2.05) is 0 Å². The number of hydrogen-bond donors (Lipinski definition) is 1. The van der Waals surface area contributed by atoms with Gasteiger partial charge >= 0.3 is 0 Å². The van der Waals surface area contributed by atoms with Crippen LogP contribution in [0.25, 0.3) is 5.69 Å². The van der Waals surface area contributed by atoms with Crippen molar-refractivity contribution in [1.82, 2.24) is 25.1 Å². The Morgan fingerprint density at radius 2 is 2.00 bits per heavy atom. The Bertz CT molecular complexity index is 942. The number of nitrogens with one attached hydrogen (secondary N) is 1. The molecule has 0 atom stereocenters. The third kappa shape index (κ3) is 4.46. The number of tetrazole rings is 1. The zero-order valence-electron chi connectivity index (χ0n) is 14.9. The Hall–Kier alpha value is -3.75. The highest BCUT2D eigenvalue weighted by Crippen LogP contribution is 2.16. The fraction of sp³-hybridized carbons (Fsp3) is 0.167. The highest BCUT2D eigenvalue weighted by atomic mass is 16.5. The number of rotatable bonds is 6. The molecule has 9 nitrogen and oxygen atoms in total. The molecule has 0 saturated heterocycles. The molecule has 0 aliphatic carbocycles. The number of carbonyl (C=O) groups is 2. The van der Waals surface area contributed by atoms with E-state index in [1.165, 1.54) is 15.9 Å². The van der Waals surface area contributed by atoms with Gasteiger partial charge in [0.25, 0.3) is 5.91 Å². The summed E-state index contributed by atoms with van der Waals surface area (Å²) in [6.07, 6.45) is 1.44. The number of carbonyl (C=O) groups excluding carboxylic acids is 2. The third-order valence-corrected chi connectivity index (χ3v) is 3.79. The lowest BCUT2D eigenvalue weighted by Gasteiger charge is -2.17. The number of aromatic nitrogens is 4. The van der Waals surface area contributed by atoms with Gasteiger partial charge in [-0.05, 0) is 40.8 Å². The highest BCUT2D eigenvalue weighted by molar-refractivity contribution is 5.99. The average molecular weight is 366 g/mol. The van der Waals surface area contributed by atoms with E-state index in [2.05, 4.69) is 20.8 Å². The SMILES string of the molecule is COc1cccc(NC(=O)CN(C)C(=O)c2cccc(-n3cnnn3)c2)c1. The van der Waals surface area contributed by atoms with Crippen LogP contribution >= 0.6 is 0 Å². The van der Waals surface area contributed by atoms with Gasteiger partial charge in [-0.1, -0.05) is 12.1 Å². The minimum Gasteiger partial charge on any atom is -0.497 e. The van der Waals surface area contributed by atoms with Crippen LogP contribution in [0.3, 0.4) is 0 Å². The second kappa shape index (κ2) is 8.09. The number of nitrogens with zero attached hydrogens (tertiary/aromatic N) is 5. The van der Waals surface area contributed by atoms with Crippen LogP contribution in [0, 0.1) is 0 Å². The second-order valence-corrected chi connectivity index (χ2v) is 5.75. The van der Waals surface area contributed by atoms with Gasteiger partial charge in [0.1, 0.15) is 12.1 Å². The molecular weight excluding hydrogens is 348 g/mol. The van der Waals surface area contributed by atoms with Gasteiger partial charge in [0.15, 0.2) is 0 Å². The van der Waals surface area contributed by atoms with Crippen LogP contribution in [0.2, 0.25) is 0 Å². The van der Waals surface area contributed by atoms with Crippen LogP contribution in [-0.4, -0.2) is 57.6 Å². The van der Waals surface area contributed by atoms with Crippen molar-refractivity contribution in [2.24, 2.45) is 0 Å². The molecule has 0 radical (unpaired) electrons. The summed E-state index contributed by atoms with van der Waals surface area (Å²) in [6, 6.07) is 13.9. The van der Waals surface area contributed by atoms with Gasteiger partial charge in [0.05, 0.1) is 19.3 Å². The molecule has 1 N–H and O–H groups in total. The number of benzene rings is 2. The van der Waals surface area contributed by atoms with Crippen LogP contribution in [0.15, 0.2) is 54.9 Å². The molecule has 138 valence electrons. The topological polar surface area (TPSA) is 102 Å². The second-order valence-electron chi connectivity index (χ2n) is 5.75. The lowest BCUT2D eigenvalue weighted by Crippen LogP contribution is -2.35. The summed E-state index contributed by atoms with van der Waals surface area (Å²) in [5, 5.41) is 13.7. The van der Waals surface area contributed by atoms with Crippen molar-refractivity contribution in [3.8, 4) is 11.4 Å². The molecule has 3 rings (SSSR count). The van der Waals surface area contributed by atoms with Gasteiger partial charge in [0.2, 0.25) is 5.91 Å². The predicted molar refractivity (Wildman–Crippen MR) is 97.7 cm³/mol. The lowest BCUT2D eigenvalue weighted by molar-refractivity contribution is -0.116. The van der Waals surface area contributed by atoms with Crippen molar-refractivity contribution in [1.29, 1.82) is 0 Å². The first-order chi connectivity index (χ1) is 13.1. The van der Waals surface area contributed by atoms with E-state index in [0.29, 0.717) is 22.7 Å². The minimum atomic E-state index is -0.310. The van der Waals surface area contributed by atoms with E-state index in [4.69, 9.17) is 4.74 Å². The Morgan fingerprint density at radius 1 is 1.19 bits per heavy atom. The summed E-state index contributed by atoms with van der Waals surface area (Å²) in [4.78, 5) is 26.2. The molecule has 0 saturated carbocycles. The molecule has 0 aliphatic heterocycles. The molecule has 0 aliphatic rings. The van der Waals surface area contributed by atoms with Crippen molar-refractivity contribution in [2.75, 3.05) is 26.0 Å². The molecule has 1 heterocycles. The fourth-order valence-corrected chi connectivity index (χ4v) is 2.47. The first kappa shape index (κ1) is 18.1. The number of amides is 2. The standard InChI is InChI=1S/C18H18N6O3/c1-23(11-17(25)20-14-6-4-8-16(10-14)27-2)18(26)13-5-3-7-15(9-13)24-12-19-21-22-24/h3-10,12H,11H2,1-2H3,(H,20,25). The van der Waals surface area contributed by atoms with Crippen molar-refractivity contribution in [3.63, 3.8) is 0 Å². The summed E-state index contributed by atoms with van der Waals surface area (Å²) in [5.41, 5.74) is 1.68. The van der Waals surface area contributed by atoms with Crippen LogP contribution < -0.4 is 10.1 Å². The summed E-state index contributed by atoms with van der Waals surface area (Å²) in [5.74, 6) is 0.0399. The zero-order chi connectivity index (χ0) is 19.2. The molecule has 0 spiro atoms. The zero-order valence-corrected chi connectivity index (χ0v) is 14.9. The van der Waals surface area contributed by atoms with E-state index in [1.54, 1.807) is 62.7 Å². The van der Waals surface area contributed by atoms with Gasteiger partial charge in [-0.25, -0.2) is 4.68 Å². The maximum Gasteiger partial charge on any atom is 0.254 e. The van der Waals surface area contributed by atoms with Gasteiger partial charge < -0.3 is 15.0 Å². The maximum atomic E-state index is 12.6. The van der Waals surface area contributed by atoms with E-state index >= 15 is 0 Å². The summed E-state index contributed by atoms with van der Waals surface area (Å²) < 4.78 is 6.57. The smallest absolute Gasteiger partial charge is 0.254 e. The molecule has 9 heteroatoms. The molecule has 27 heavy (non-hydrogen) atoms. The van der Waals surface area contributed by atoms with Gasteiger partial charge in [-0.2, -0.15) is 0 Å². The molecule has 0 unspecified atom stereocenters. The summed E-state index contributed by atoms with van der Waals surface area (Å²) in [6.45, 7) is -0.0921. The largest absolute Gasteiger partial charge is 0.497 e. The van der Waals surface area contributed by atoms with E-state index in [9.17, 15) is 9.59 Å². The summed E-state index contributed by atoms with van der Waals surface area (Å²) >= 11 is 0. The number of likely N-dealkylation sites (N-methyl/N-ethyl adjacent to an activating group) is 1. The molecule has 2 amide bonds. The average Bonchev–Trinajstić information content (AvgIpc) is 3.22. The van der Waals surface area contributed by atoms with Crippen molar-refractivity contribution in [2.45, 2.75) is 0 Å². The molecule has 1 aromatic heterocycles. The highest BCUT2D eigenvalue weighted by Gasteiger charge is 2.16. The Kier molecular flexibility index (Phi) is 5.41. The first-order valence-corrected chi connectivity index (χ1v) is 8.09. The number of methoxy groups -OCH3 is 1. The molecule has 3 aromatic rings. The van der Waals surface area contributed by atoms with Crippen molar-refractivity contribution < 1.29 is 14.3 Å². The van der Waals surface area contributed by atoms with Gasteiger partial charge in [0, 0.05) is 24.4 Å². The number of ether oxygens (including phenoxy) is 1. The molecule has 0 fully saturated rings. The van der Waals surface area contributed by atoms with E-state index in [-0.39, 0.29) is 18.4 Å². The maximum absolute atomic E-state index is 12.6. The number of anilines is 1. The van der Waals surface area contributed by atoms with Crippen molar-refractivity contribution >= 4 is 17.5 Å². The van der Waals surface area contributed by atoms with Crippen LogP contribution in [0.1, 0.15) is 10.4 Å². The fourth-order valence-electron chi connectivity index (χ4n) is 2.47. The summed E-state index contributed by atoms with van der Waals surface area (Å²) in [7, 11) is 3.12. The van der Waals surface area contributed by atoms with Crippen molar-refractivity contribution in [3.05, 3.63) is 60.4 Å². The lowest BCUT2D eigenvalue weighted by atomic mass is 10.2. The minimum absolute atomic E-state index is 0.0921. The molecule has 0 bridgehead atoms. The Labute approximate surface area is 155 Å². The quantitative estimate of drug-likeness (QED) is 0.707. The van der Waals surface area contributed by atoms with Crippen LogP contribution in [0.5, 0.6) is 5.75 Å². The molecular formula is C18H18N6O3. The Morgan fingerprint density at radius 3 is 2.74 bits per heavy atom. The van der Waals surface area contributed by atoms with E-state index in [0.717, 1.165) is 0 Å². The predicted octanol–water partition coefficient (Wildman–Crippen LogP) is 1.38. The van der Waals surface area contributed by atoms with Gasteiger partial charge in [-0.15, -0.1) is 5.10 Å². The first-order valence-electron chi connectivity index (χ1n) is 8.09. The van der Waals surface area contributed by atoms with E-state index < -0.39 is 0 Å².